The number of aromatic nitrogens is 1. The molecule has 1 aromatic heterocycles. The molecule has 2 heterocycles. The first-order valence-corrected chi connectivity index (χ1v) is 6.91. The zero-order chi connectivity index (χ0) is 15.0. The van der Waals surface area contributed by atoms with Crippen molar-refractivity contribution in [2.75, 3.05) is 25.5 Å². The van der Waals surface area contributed by atoms with Crippen LogP contribution in [0.15, 0.2) is 0 Å². The standard InChI is InChI=1S/C12H16N4O3S/c1-6-9(11(19)15(2)3)20-12(14-6)16-5-7(10(13)18)4-8(16)17/h7H,4-5H2,1-3H3,(H2,13,18). The van der Waals surface area contributed by atoms with Crippen LogP contribution in [0.1, 0.15) is 21.8 Å². The molecule has 2 N–H and O–H groups in total. The minimum atomic E-state index is -0.487. The van der Waals surface area contributed by atoms with E-state index < -0.39 is 11.8 Å². The van der Waals surface area contributed by atoms with Crippen molar-refractivity contribution >= 4 is 34.2 Å². The number of amides is 3. The smallest absolute Gasteiger partial charge is 0.265 e. The second-order valence-electron chi connectivity index (χ2n) is 4.92. The van der Waals surface area contributed by atoms with Crippen molar-refractivity contribution in [3.05, 3.63) is 10.6 Å². The highest BCUT2D eigenvalue weighted by Gasteiger charge is 2.36. The van der Waals surface area contributed by atoms with E-state index in [0.29, 0.717) is 15.7 Å². The van der Waals surface area contributed by atoms with Crippen molar-refractivity contribution in [2.45, 2.75) is 13.3 Å². The molecule has 1 unspecified atom stereocenters. The van der Waals surface area contributed by atoms with Crippen LogP contribution in [0.2, 0.25) is 0 Å². The van der Waals surface area contributed by atoms with Gasteiger partial charge in [-0.1, -0.05) is 11.3 Å². The van der Waals surface area contributed by atoms with Crippen LogP contribution in [0.3, 0.4) is 0 Å². The van der Waals surface area contributed by atoms with Gasteiger partial charge in [-0.3, -0.25) is 19.3 Å². The molecule has 20 heavy (non-hydrogen) atoms. The molecule has 1 saturated heterocycles. The summed E-state index contributed by atoms with van der Waals surface area (Å²) in [7, 11) is 3.32. The third-order valence-corrected chi connectivity index (χ3v) is 4.31. The van der Waals surface area contributed by atoms with E-state index in [9.17, 15) is 14.4 Å². The van der Waals surface area contributed by atoms with E-state index in [-0.39, 0.29) is 24.8 Å². The van der Waals surface area contributed by atoms with E-state index in [1.807, 2.05) is 0 Å². The summed E-state index contributed by atoms with van der Waals surface area (Å²) < 4.78 is 0. The van der Waals surface area contributed by atoms with E-state index in [4.69, 9.17) is 5.73 Å². The molecule has 108 valence electrons. The summed E-state index contributed by atoms with van der Waals surface area (Å²) in [6, 6.07) is 0. The Kier molecular flexibility index (Phi) is 3.76. The lowest BCUT2D eigenvalue weighted by molar-refractivity contribution is -0.123. The van der Waals surface area contributed by atoms with E-state index in [2.05, 4.69) is 4.98 Å². The van der Waals surface area contributed by atoms with Gasteiger partial charge >= 0.3 is 0 Å². The Bertz CT molecular complexity index is 581. The van der Waals surface area contributed by atoms with Crippen LogP contribution in [0.4, 0.5) is 5.13 Å². The molecular formula is C12H16N4O3S. The van der Waals surface area contributed by atoms with Gasteiger partial charge in [0.15, 0.2) is 5.13 Å². The number of aryl methyl sites for hydroxylation is 1. The maximum Gasteiger partial charge on any atom is 0.265 e. The summed E-state index contributed by atoms with van der Waals surface area (Å²) in [5.41, 5.74) is 5.81. The lowest BCUT2D eigenvalue weighted by atomic mass is 10.1. The van der Waals surface area contributed by atoms with Crippen LogP contribution in [0, 0.1) is 12.8 Å². The molecule has 2 rings (SSSR count). The van der Waals surface area contributed by atoms with Crippen molar-refractivity contribution in [3.63, 3.8) is 0 Å². The summed E-state index contributed by atoms with van der Waals surface area (Å²) >= 11 is 1.16. The lowest BCUT2D eigenvalue weighted by Gasteiger charge is -2.11. The fraction of sp³-hybridized carbons (Fsp3) is 0.500. The molecular weight excluding hydrogens is 280 g/mol. The Labute approximate surface area is 120 Å². The number of carbonyl (C=O) groups is 3. The van der Waals surface area contributed by atoms with Crippen LogP contribution >= 0.6 is 11.3 Å². The quantitative estimate of drug-likeness (QED) is 0.848. The molecule has 0 saturated carbocycles. The number of nitrogens with zero attached hydrogens (tertiary/aromatic N) is 3. The molecule has 0 radical (unpaired) electrons. The average molecular weight is 296 g/mol. The Morgan fingerprint density at radius 3 is 2.60 bits per heavy atom. The van der Waals surface area contributed by atoms with Crippen molar-refractivity contribution < 1.29 is 14.4 Å². The number of thiazole rings is 1. The number of carbonyl (C=O) groups excluding carboxylic acids is 3. The molecule has 0 aliphatic carbocycles. The molecule has 7 nitrogen and oxygen atoms in total. The average Bonchev–Trinajstić information content (AvgIpc) is 2.91. The summed E-state index contributed by atoms with van der Waals surface area (Å²) in [6.45, 7) is 1.96. The molecule has 0 aromatic carbocycles. The minimum Gasteiger partial charge on any atom is -0.369 e. The molecule has 1 aliphatic heterocycles. The Morgan fingerprint density at radius 1 is 1.45 bits per heavy atom. The largest absolute Gasteiger partial charge is 0.369 e. The normalized spacial score (nSPS) is 18.4. The third-order valence-electron chi connectivity index (χ3n) is 3.14. The maximum atomic E-state index is 12.0. The van der Waals surface area contributed by atoms with E-state index in [1.165, 1.54) is 9.80 Å². The predicted octanol–water partition coefficient (Wildman–Crippen LogP) is -0.00848. The number of primary amides is 1. The first-order chi connectivity index (χ1) is 9.31. The van der Waals surface area contributed by atoms with Gasteiger partial charge in [-0.2, -0.15) is 0 Å². The van der Waals surface area contributed by atoms with Crippen molar-refractivity contribution in [3.8, 4) is 0 Å². The Balaban J connectivity index is 2.27. The topological polar surface area (TPSA) is 96.6 Å². The predicted molar refractivity (Wildman–Crippen MR) is 74.5 cm³/mol. The number of nitrogens with two attached hydrogens (primary N) is 1. The van der Waals surface area contributed by atoms with Crippen molar-refractivity contribution in [1.82, 2.24) is 9.88 Å². The molecule has 1 aromatic rings. The first kappa shape index (κ1) is 14.4. The van der Waals surface area contributed by atoms with Crippen LogP contribution in [-0.2, 0) is 9.59 Å². The molecule has 1 aliphatic rings. The monoisotopic (exact) mass is 296 g/mol. The second kappa shape index (κ2) is 5.20. The number of anilines is 1. The SMILES string of the molecule is Cc1nc(N2CC(C(N)=O)CC2=O)sc1C(=O)N(C)C. The summed E-state index contributed by atoms with van der Waals surface area (Å²) in [5, 5.41) is 0.446. The third kappa shape index (κ3) is 2.51. The van der Waals surface area contributed by atoms with Crippen LogP contribution in [-0.4, -0.2) is 48.2 Å². The maximum absolute atomic E-state index is 12.0. The van der Waals surface area contributed by atoms with Gasteiger partial charge in [0.1, 0.15) is 4.88 Å². The van der Waals surface area contributed by atoms with Gasteiger partial charge in [-0.15, -0.1) is 0 Å². The Hall–Kier alpha value is -1.96. The van der Waals surface area contributed by atoms with Gasteiger partial charge in [-0.05, 0) is 6.92 Å². The second-order valence-corrected chi connectivity index (χ2v) is 5.90. The first-order valence-electron chi connectivity index (χ1n) is 6.10. The highest BCUT2D eigenvalue weighted by Crippen LogP contribution is 2.31. The highest BCUT2D eigenvalue weighted by molar-refractivity contribution is 7.17. The van der Waals surface area contributed by atoms with Crippen LogP contribution < -0.4 is 10.6 Å². The van der Waals surface area contributed by atoms with E-state index >= 15 is 0 Å². The summed E-state index contributed by atoms with van der Waals surface area (Å²) in [6.07, 6.45) is 0.102. The van der Waals surface area contributed by atoms with Gasteiger partial charge in [0, 0.05) is 27.1 Å². The zero-order valence-corrected chi connectivity index (χ0v) is 12.4. The molecule has 1 atom stereocenters. The highest BCUT2D eigenvalue weighted by atomic mass is 32.1. The van der Waals surface area contributed by atoms with Crippen LogP contribution in [0.25, 0.3) is 0 Å². The fourth-order valence-corrected chi connectivity index (χ4v) is 3.10. The molecule has 3 amide bonds. The van der Waals surface area contributed by atoms with Gasteiger partial charge < -0.3 is 10.6 Å². The summed E-state index contributed by atoms with van der Waals surface area (Å²) in [4.78, 5) is 42.7. The van der Waals surface area contributed by atoms with Crippen molar-refractivity contribution in [1.29, 1.82) is 0 Å². The summed E-state index contributed by atoms with van der Waals surface area (Å²) in [5.74, 6) is -1.31. The zero-order valence-electron chi connectivity index (χ0n) is 11.5. The van der Waals surface area contributed by atoms with Crippen molar-refractivity contribution in [2.24, 2.45) is 11.7 Å². The molecule has 0 bridgehead atoms. The van der Waals surface area contributed by atoms with Gasteiger partial charge in [0.25, 0.3) is 5.91 Å². The van der Waals surface area contributed by atoms with E-state index in [0.717, 1.165) is 11.3 Å². The van der Waals surface area contributed by atoms with E-state index in [1.54, 1.807) is 21.0 Å². The Morgan fingerprint density at radius 2 is 2.10 bits per heavy atom. The molecule has 8 heteroatoms. The molecule has 1 fully saturated rings. The fourth-order valence-electron chi connectivity index (χ4n) is 1.98. The minimum absolute atomic E-state index is 0.102. The number of hydrogen-bond donors (Lipinski definition) is 1. The van der Waals surface area contributed by atoms with Gasteiger partial charge in [-0.25, -0.2) is 4.98 Å². The number of hydrogen-bond acceptors (Lipinski definition) is 5. The molecule has 0 spiro atoms. The van der Waals surface area contributed by atoms with Crippen LogP contribution in [0.5, 0.6) is 0 Å². The lowest BCUT2D eigenvalue weighted by Crippen LogP contribution is -2.28. The van der Waals surface area contributed by atoms with Gasteiger partial charge in [0.2, 0.25) is 11.8 Å². The number of rotatable bonds is 3. The van der Waals surface area contributed by atoms with Gasteiger partial charge in [0.05, 0.1) is 11.6 Å².